The predicted molar refractivity (Wildman–Crippen MR) is 80.8 cm³/mol. The number of aryl methyl sites for hydroxylation is 1. The van der Waals surface area contributed by atoms with Crippen molar-refractivity contribution >= 4 is 17.4 Å². The highest BCUT2D eigenvalue weighted by atomic mass is 35.5. The van der Waals surface area contributed by atoms with Gasteiger partial charge in [-0.3, -0.25) is 4.79 Å². The maximum absolute atomic E-state index is 12.9. The Morgan fingerprint density at radius 1 is 1.33 bits per heavy atom. The number of Topliss-reactive ketones (excluding diaryl/α,β-unsaturated/α-hetero) is 1. The minimum atomic E-state index is -0.440. The molecule has 0 aliphatic carbocycles. The summed E-state index contributed by atoms with van der Waals surface area (Å²) in [5.41, 5.74) is 2.61. The van der Waals surface area contributed by atoms with Crippen molar-refractivity contribution in [2.75, 3.05) is 6.61 Å². The van der Waals surface area contributed by atoms with Crippen LogP contribution in [0.1, 0.15) is 28.7 Å². The first-order chi connectivity index (χ1) is 9.93. The van der Waals surface area contributed by atoms with Gasteiger partial charge in [0.2, 0.25) is 5.78 Å². The summed E-state index contributed by atoms with van der Waals surface area (Å²) < 4.78 is 20.4. The Labute approximate surface area is 128 Å². The van der Waals surface area contributed by atoms with Gasteiger partial charge in [-0.2, -0.15) is 0 Å². The third kappa shape index (κ3) is 3.27. The quantitative estimate of drug-likeness (QED) is 0.776. The number of carbonyl (C=O) groups excluding carboxylic acids is 1. The fourth-order valence-corrected chi connectivity index (χ4v) is 2.61. The molecule has 0 saturated carbocycles. The summed E-state index contributed by atoms with van der Waals surface area (Å²) >= 11 is 5.86. The van der Waals surface area contributed by atoms with Crippen molar-refractivity contribution in [2.24, 2.45) is 0 Å². The average molecular weight is 310 g/mol. The van der Waals surface area contributed by atoms with Crippen molar-refractivity contribution in [1.82, 2.24) is 4.57 Å². The lowest BCUT2D eigenvalue weighted by Crippen LogP contribution is -2.13. The van der Waals surface area contributed by atoms with E-state index in [9.17, 15) is 9.18 Å². The first-order valence-electron chi connectivity index (χ1n) is 6.71. The third-order valence-corrected chi connectivity index (χ3v) is 3.74. The smallest absolute Gasteiger partial charge is 0.202 e. The monoisotopic (exact) mass is 309 g/mol. The van der Waals surface area contributed by atoms with Gasteiger partial charge in [0.15, 0.2) is 6.61 Å². The zero-order valence-corrected chi connectivity index (χ0v) is 13.0. The molecule has 2 rings (SSSR count). The number of nitrogens with zero attached hydrogens (tertiary/aromatic N) is 1. The van der Waals surface area contributed by atoms with Crippen molar-refractivity contribution in [3.8, 4) is 5.75 Å². The van der Waals surface area contributed by atoms with Gasteiger partial charge in [-0.25, -0.2) is 4.39 Å². The number of hydrogen-bond donors (Lipinski definition) is 0. The molecule has 0 aliphatic rings. The molecule has 0 bridgehead atoms. The zero-order chi connectivity index (χ0) is 15.6. The van der Waals surface area contributed by atoms with Crippen LogP contribution in [0.2, 0.25) is 5.02 Å². The molecule has 0 amide bonds. The van der Waals surface area contributed by atoms with Crippen LogP contribution < -0.4 is 4.74 Å². The van der Waals surface area contributed by atoms with Crippen LogP contribution in [0.3, 0.4) is 0 Å². The number of halogens is 2. The molecule has 0 radical (unpaired) electrons. The lowest BCUT2D eigenvalue weighted by molar-refractivity contribution is 0.0921. The van der Waals surface area contributed by atoms with E-state index in [1.165, 1.54) is 12.1 Å². The minimum Gasteiger partial charge on any atom is -0.484 e. The van der Waals surface area contributed by atoms with Crippen molar-refractivity contribution in [1.29, 1.82) is 0 Å². The molecule has 1 aromatic carbocycles. The van der Waals surface area contributed by atoms with E-state index in [4.69, 9.17) is 16.3 Å². The molecule has 1 aromatic heterocycles. The Hall–Kier alpha value is -1.81. The molecule has 0 atom stereocenters. The topological polar surface area (TPSA) is 31.2 Å². The Morgan fingerprint density at radius 2 is 2.05 bits per heavy atom. The van der Waals surface area contributed by atoms with Gasteiger partial charge in [0.1, 0.15) is 11.6 Å². The lowest BCUT2D eigenvalue weighted by atomic mass is 10.1. The van der Waals surface area contributed by atoms with Crippen molar-refractivity contribution in [3.05, 3.63) is 52.1 Å². The van der Waals surface area contributed by atoms with E-state index in [-0.39, 0.29) is 17.4 Å². The fourth-order valence-electron chi connectivity index (χ4n) is 2.38. The number of ether oxygens (including phenoxy) is 1. The summed E-state index contributed by atoms with van der Waals surface area (Å²) in [5, 5.41) is 0.154. The highest BCUT2D eigenvalue weighted by Gasteiger charge is 2.16. The van der Waals surface area contributed by atoms with E-state index in [1.54, 1.807) is 0 Å². The average Bonchev–Trinajstić information content (AvgIpc) is 2.72. The Kier molecular flexibility index (Phi) is 4.68. The summed E-state index contributed by atoms with van der Waals surface area (Å²) in [6, 6.07) is 5.68. The number of rotatable bonds is 5. The Balaban J connectivity index is 2.12. The highest BCUT2D eigenvalue weighted by molar-refractivity contribution is 6.32. The minimum absolute atomic E-state index is 0.122. The zero-order valence-electron chi connectivity index (χ0n) is 12.2. The maximum Gasteiger partial charge on any atom is 0.202 e. The van der Waals surface area contributed by atoms with Crippen LogP contribution >= 0.6 is 11.6 Å². The molecule has 0 aliphatic heterocycles. The summed E-state index contributed by atoms with van der Waals surface area (Å²) in [5.74, 6) is -0.260. The lowest BCUT2D eigenvalue weighted by Gasteiger charge is -2.08. The number of aromatic nitrogens is 1. The number of benzene rings is 1. The van der Waals surface area contributed by atoms with Gasteiger partial charge in [0.05, 0.1) is 5.02 Å². The van der Waals surface area contributed by atoms with Crippen LogP contribution in [0.15, 0.2) is 24.3 Å². The normalized spacial score (nSPS) is 10.7. The van der Waals surface area contributed by atoms with E-state index in [0.29, 0.717) is 11.3 Å². The molecule has 0 spiro atoms. The largest absolute Gasteiger partial charge is 0.484 e. The molecule has 0 saturated heterocycles. The van der Waals surface area contributed by atoms with Gasteiger partial charge in [0, 0.05) is 23.5 Å². The van der Waals surface area contributed by atoms with E-state index in [0.717, 1.165) is 24.0 Å². The van der Waals surface area contributed by atoms with Crippen molar-refractivity contribution < 1.29 is 13.9 Å². The molecular formula is C16H17ClFNO2. The Morgan fingerprint density at radius 3 is 2.62 bits per heavy atom. The van der Waals surface area contributed by atoms with Crippen LogP contribution in [-0.4, -0.2) is 17.0 Å². The van der Waals surface area contributed by atoms with E-state index < -0.39 is 5.82 Å². The second-order valence-electron chi connectivity index (χ2n) is 4.82. The third-order valence-electron chi connectivity index (χ3n) is 3.44. The highest BCUT2D eigenvalue weighted by Crippen LogP contribution is 2.25. The van der Waals surface area contributed by atoms with Gasteiger partial charge in [-0.1, -0.05) is 11.6 Å². The molecule has 0 fully saturated rings. The SMILES string of the molecule is CCn1c(C)cc(C(=O)COc2ccc(F)cc2Cl)c1C. The van der Waals surface area contributed by atoms with E-state index in [1.807, 2.05) is 26.8 Å². The molecule has 112 valence electrons. The number of carbonyl (C=O) groups is 1. The van der Waals surface area contributed by atoms with E-state index in [2.05, 4.69) is 4.57 Å². The summed E-state index contributed by atoms with van der Waals surface area (Å²) in [7, 11) is 0. The van der Waals surface area contributed by atoms with Gasteiger partial charge in [0.25, 0.3) is 0 Å². The standard InChI is InChI=1S/C16H17ClFNO2/c1-4-19-10(2)7-13(11(19)3)15(20)9-21-16-6-5-12(18)8-14(16)17/h5-8H,4,9H2,1-3H3. The van der Waals surface area contributed by atoms with Crippen LogP contribution in [0.25, 0.3) is 0 Å². The first-order valence-corrected chi connectivity index (χ1v) is 7.09. The molecule has 5 heteroatoms. The van der Waals surface area contributed by atoms with Crippen molar-refractivity contribution in [3.63, 3.8) is 0 Å². The first kappa shape index (κ1) is 15.6. The molecule has 21 heavy (non-hydrogen) atoms. The van der Waals surface area contributed by atoms with Crippen LogP contribution in [0.5, 0.6) is 5.75 Å². The van der Waals surface area contributed by atoms with Gasteiger partial charge < -0.3 is 9.30 Å². The molecule has 0 unspecified atom stereocenters. The number of hydrogen-bond acceptors (Lipinski definition) is 2. The molecule has 0 N–H and O–H groups in total. The van der Waals surface area contributed by atoms with E-state index >= 15 is 0 Å². The van der Waals surface area contributed by atoms with Crippen LogP contribution in [0, 0.1) is 19.7 Å². The summed E-state index contributed by atoms with van der Waals surface area (Å²) in [4.78, 5) is 12.2. The molecule has 1 heterocycles. The van der Waals surface area contributed by atoms with Gasteiger partial charge in [-0.15, -0.1) is 0 Å². The predicted octanol–water partition coefficient (Wildman–Crippen LogP) is 4.18. The molecule has 3 nitrogen and oxygen atoms in total. The van der Waals surface area contributed by atoms with Crippen LogP contribution in [-0.2, 0) is 6.54 Å². The fraction of sp³-hybridized carbons (Fsp3) is 0.312. The van der Waals surface area contributed by atoms with Gasteiger partial charge in [-0.05, 0) is 45.0 Å². The Bertz CT molecular complexity index is 679. The van der Waals surface area contributed by atoms with Crippen LogP contribution in [0.4, 0.5) is 4.39 Å². The van der Waals surface area contributed by atoms with Gasteiger partial charge >= 0.3 is 0 Å². The molecule has 2 aromatic rings. The number of ketones is 1. The summed E-state index contributed by atoms with van der Waals surface area (Å²) in [6.45, 7) is 6.59. The van der Waals surface area contributed by atoms with Crippen molar-refractivity contribution in [2.45, 2.75) is 27.3 Å². The maximum atomic E-state index is 12.9. The second kappa shape index (κ2) is 6.31. The molecular weight excluding hydrogens is 293 g/mol. The summed E-state index contributed by atoms with van der Waals surface area (Å²) in [6.07, 6.45) is 0. The second-order valence-corrected chi connectivity index (χ2v) is 5.22.